The van der Waals surface area contributed by atoms with Gasteiger partial charge in [0.15, 0.2) is 0 Å². The highest BCUT2D eigenvalue weighted by atomic mass is 32.1. The number of hydrogen-bond donors (Lipinski definition) is 3. The number of aromatic nitrogens is 1. The van der Waals surface area contributed by atoms with Gasteiger partial charge in [0.2, 0.25) is 5.91 Å². The number of H-pyrrole nitrogens is 1. The second-order valence-electron chi connectivity index (χ2n) is 4.77. The molecule has 0 bridgehead atoms. The van der Waals surface area contributed by atoms with Crippen molar-refractivity contribution in [2.45, 2.75) is 38.8 Å². The molecule has 17 heavy (non-hydrogen) atoms. The summed E-state index contributed by atoms with van der Waals surface area (Å²) in [5.41, 5.74) is 6.25. The smallest absolute Gasteiger partial charge is 0.304 e. The molecule has 1 heterocycles. The maximum atomic E-state index is 12.1. The molecule has 1 fully saturated rings. The summed E-state index contributed by atoms with van der Waals surface area (Å²) in [6, 6.07) is -0.0657. The van der Waals surface area contributed by atoms with Crippen LogP contribution in [0.2, 0.25) is 0 Å². The molecule has 94 valence electrons. The molecule has 2 rings (SSSR count). The first-order chi connectivity index (χ1) is 8.02. The van der Waals surface area contributed by atoms with Crippen molar-refractivity contribution in [3.05, 3.63) is 20.7 Å². The van der Waals surface area contributed by atoms with Crippen LogP contribution in [0, 0.1) is 5.41 Å². The fourth-order valence-corrected chi connectivity index (χ4v) is 2.83. The molecule has 2 atom stereocenters. The standard InChI is InChI=1S/C11H17N3O2S/c1-11(4-2-3-8(11)12)9(15)13-5-7-6-17-10(16)14-7/h6,8H,2-5,12H2,1H3,(H,13,15)(H,14,16). The Hall–Kier alpha value is -1.14. The van der Waals surface area contributed by atoms with Crippen molar-refractivity contribution in [3.8, 4) is 0 Å². The molecule has 1 amide bonds. The molecular weight excluding hydrogens is 238 g/mol. The number of amides is 1. The Morgan fingerprint density at radius 3 is 3.06 bits per heavy atom. The third-order valence-electron chi connectivity index (χ3n) is 3.56. The van der Waals surface area contributed by atoms with Gasteiger partial charge in [0, 0.05) is 17.1 Å². The van der Waals surface area contributed by atoms with Gasteiger partial charge in [-0.15, -0.1) is 0 Å². The molecule has 1 aromatic heterocycles. The van der Waals surface area contributed by atoms with Crippen LogP contribution in [0.15, 0.2) is 10.2 Å². The summed E-state index contributed by atoms with van der Waals surface area (Å²) in [6.45, 7) is 2.27. The van der Waals surface area contributed by atoms with Crippen LogP contribution in [0.4, 0.5) is 0 Å². The zero-order valence-electron chi connectivity index (χ0n) is 9.79. The van der Waals surface area contributed by atoms with Gasteiger partial charge in [-0.2, -0.15) is 0 Å². The number of carbonyl (C=O) groups is 1. The first-order valence-corrected chi connectivity index (χ1v) is 6.61. The third kappa shape index (κ3) is 2.42. The van der Waals surface area contributed by atoms with Crippen LogP contribution in [-0.2, 0) is 11.3 Å². The SMILES string of the molecule is CC1(C(=O)NCc2csc(=O)[nH]2)CCCC1N. The van der Waals surface area contributed by atoms with Crippen molar-refractivity contribution in [1.82, 2.24) is 10.3 Å². The molecule has 1 aliphatic carbocycles. The molecule has 0 aromatic carbocycles. The molecule has 5 nitrogen and oxygen atoms in total. The lowest BCUT2D eigenvalue weighted by molar-refractivity contribution is -0.130. The van der Waals surface area contributed by atoms with Gasteiger partial charge in [-0.25, -0.2) is 0 Å². The van der Waals surface area contributed by atoms with E-state index in [9.17, 15) is 9.59 Å². The quantitative estimate of drug-likeness (QED) is 0.738. The van der Waals surface area contributed by atoms with Crippen LogP contribution in [0.1, 0.15) is 31.9 Å². The zero-order valence-corrected chi connectivity index (χ0v) is 10.6. The molecule has 1 aliphatic rings. The Labute approximate surface area is 103 Å². The van der Waals surface area contributed by atoms with Crippen molar-refractivity contribution in [2.24, 2.45) is 11.1 Å². The van der Waals surface area contributed by atoms with E-state index >= 15 is 0 Å². The second kappa shape index (κ2) is 4.62. The number of nitrogens with one attached hydrogen (secondary N) is 2. The monoisotopic (exact) mass is 255 g/mol. The Balaban J connectivity index is 1.95. The average Bonchev–Trinajstić information content (AvgIpc) is 2.84. The molecule has 0 spiro atoms. The minimum absolute atomic E-state index is 0.0189. The minimum atomic E-state index is -0.462. The van der Waals surface area contributed by atoms with Crippen molar-refractivity contribution in [1.29, 1.82) is 0 Å². The zero-order chi connectivity index (χ0) is 12.5. The lowest BCUT2D eigenvalue weighted by atomic mass is 9.84. The highest BCUT2D eigenvalue weighted by Crippen LogP contribution is 2.36. The Kier molecular flexibility index (Phi) is 3.35. The van der Waals surface area contributed by atoms with E-state index in [1.807, 2.05) is 6.92 Å². The van der Waals surface area contributed by atoms with E-state index in [2.05, 4.69) is 10.3 Å². The lowest BCUT2D eigenvalue weighted by Crippen LogP contribution is -2.47. The summed E-state index contributed by atoms with van der Waals surface area (Å²) in [5.74, 6) is -0.0189. The predicted octanol–water partition coefficient (Wildman–Crippen LogP) is 0.570. The van der Waals surface area contributed by atoms with Crippen LogP contribution in [0.3, 0.4) is 0 Å². The third-order valence-corrected chi connectivity index (χ3v) is 4.28. The fourth-order valence-electron chi connectivity index (χ4n) is 2.25. The molecule has 0 saturated heterocycles. The summed E-state index contributed by atoms with van der Waals surface area (Å²) in [4.78, 5) is 25.6. The van der Waals surface area contributed by atoms with Crippen molar-refractivity contribution in [3.63, 3.8) is 0 Å². The van der Waals surface area contributed by atoms with E-state index in [1.54, 1.807) is 5.38 Å². The van der Waals surface area contributed by atoms with E-state index in [0.717, 1.165) is 36.3 Å². The van der Waals surface area contributed by atoms with Crippen LogP contribution in [0.25, 0.3) is 0 Å². The van der Waals surface area contributed by atoms with E-state index in [4.69, 9.17) is 5.73 Å². The summed E-state index contributed by atoms with van der Waals surface area (Å²) < 4.78 is 0. The van der Waals surface area contributed by atoms with Gasteiger partial charge >= 0.3 is 4.87 Å². The number of nitrogens with two attached hydrogens (primary N) is 1. The summed E-state index contributed by atoms with van der Waals surface area (Å²) in [7, 11) is 0. The van der Waals surface area contributed by atoms with Crippen LogP contribution in [0.5, 0.6) is 0 Å². The molecule has 0 radical (unpaired) electrons. The molecular formula is C11H17N3O2S. The van der Waals surface area contributed by atoms with Crippen molar-refractivity contribution in [2.75, 3.05) is 0 Å². The topological polar surface area (TPSA) is 88.0 Å². The number of rotatable bonds is 3. The maximum absolute atomic E-state index is 12.1. The van der Waals surface area contributed by atoms with Gasteiger partial charge in [0.05, 0.1) is 12.0 Å². The highest BCUT2D eigenvalue weighted by molar-refractivity contribution is 7.07. The number of carbonyl (C=O) groups excluding carboxylic acids is 1. The fraction of sp³-hybridized carbons (Fsp3) is 0.636. The number of aromatic amines is 1. The van der Waals surface area contributed by atoms with E-state index < -0.39 is 5.41 Å². The van der Waals surface area contributed by atoms with Gasteiger partial charge < -0.3 is 16.0 Å². The highest BCUT2D eigenvalue weighted by Gasteiger charge is 2.42. The van der Waals surface area contributed by atoms with Gasteiger partial charge in [-0.05, 0) is 19.8 Å². The van der Waals surface area contributed by atoms with Gasteiger partial charge in [-0.1, -0.05) is 17.8 Å². The van der Waals surface area contributed by atoms with Crippen molar-refractivity contribution < 1.29 is 4.79 Å². The average molecular weight is 255 g/mol. The van der Waals surface area contributed by atoms with E-state index in [0.29, 0.717) is 6.54 Å². The summed E-state index contributed by atoms with van der Waals surface area (Å²) in [5, 5.41) is 4.56. The first kappa shape index (κ1) is 12.3. The van der Waals surface area contributed by atoms with E-state index in [-0.39, 0.29) is 16.8 Å². The largest absolute Gasteiger partial charge is 0.350 e. The Morgan fingerprint density at radius 2 is 2.53 bits per heavy atom. The minimum Gasteiger partial charge on any atom is -0.350 e. The van der Waals surface area contributed by atoms with Crippen LogP contribution < -0.4 is 15.9 Å². The molecule has 1 aromatic rings. The number of hydrogen-bond acceptors (Lipinski definition) is 4. The first-order valence-electron chi connectivity index (χ1n) is 5.73. The summed E-state index contributed by atoms with van der Waals surface area (Å²) in [6.07, 6.45) is 2.74. The lowest BCUT2D eigenvalue weighted by Gasteiger charge is -2.27. The second-order valence-corrected chi connectivity index (χ2v) is 5.61. The Bertz CT molecular complexity index is 467. The molecule has 2 unspecified atom stereocenters. The molecule has 4 N–H and O–H groups in total. The predicted molar refractivity (Wildman–Crippen MR) is 66.7 cm³/mol. The van der Waals surface area contributed by atoms with Crippen LogP contribution >= 0.6 is 11.3 Å². The van der Waals surface area contributed by atoms with Gasteiger partial charge in [0.1, 0.15) is 0 Å². The Morgan fingerprint density at radius 1 is 1.76 bits per heavy atom. The van der Waals surface area contributed by atoms with Crippen LogP contribution in [-0.4, -0.2) is 16.9 Å². The normalized spacial score (nSPS) is 28.2. The van der Waals surface area contributed by atoms with Crippen molar-refractivity contribution >= 4 is 17.2 Å². The molecule has 1 saturated carbocycles. The molecule has 0 aliphatic heterocycles. The molecule has 6 heteroatoms. The van der Waals surface area contributed by atoms with Gasteiger partial charge in [-0.3, -0.25) is 9.59 Å². The summed E-state index contributed by atoms with van der Waals surface area (Å²) >= 11 is 1.10. The van der Waals surface area contributed by atoms with Gasteiger partial charge in [0.25, 0.3) is 0 Å². The van der Waals surface area contributed by atoms with E-state index in [1.165, 1.54) is 0 Å². The maximum Gasteiger partial charge on any atom is 0.304 e. The number of thiazole rings is 1.